The van der Waals surface area contributed by atoms with E-state index >= 15 is 0 Å². The third kappa shape index (κ3) is 3.05. The van der Waals surface area contributed by atoms with Crippen molar-refractivity contribution in [3.63, 3.8) is 0 Å². The van der Waals surface area contributed by atoms with Gasteiger partial charge in [-0.15, -0.1) is 0 Å². The van der Waals surface area contributed by atoms with Crippen LogP contribution in [0.1, 0.15) is 38.7 Å². The summed E-state index contributed by atoms with van der Waals surface area (Å²) in [5.41, 5.74) is 0.328. The Bertz CT molecular complexity index is 539. The second-order valence-electron chi connectivity index (χ2n) is 5.72. The summed E-state index contributed by atoms with van der Waals surface area (Å²) in [6.45, 7) is 5.12. The molecular formula is C13H23N3O3S. The smallest absolute Gasteiger partial charge is 0.260 e. The fourth-order valence-corrected chi connectivity index (χ4v) is 4.36. The molecule has 1 aliphatic heterocycles. The maximum absolute atomic E-state index is 12.6. The van der Waals surface area contributed by atoms with Gasteiger partial charge in [-0.2, -0.15) is 9.40 Å². The fourth-order valence-electron chi connectivity index (χ4n) is 2.77. The van der Waals surface area contributed by atoms with Crippen molar-refractivity contribution in [1.29, 1.82) is 0 Å². The Labute approximate surface area is 120 Å². The van der Waals surface area contributed by atoms with Crippen molar-refractivity contribution >= 4 is 10.0 Å². The number of hydrogen-bond donors (Lipinski definition) is 2. The van der Waals surface area contributed by atoms with Crippen molar-refractivity contribution in [2.45, 2.75) is 44.7 Å². The summed E-state index contributed by atoms with van der Waals surface area (Å²) in [5, 5.41) is 15.5. The average Bonchev–Trinajstić information content (AvgIpc) is 2.74. The Morgan fingerprint density at radius 1 is 1.45 bits per heavy atom. The molecule has 1 aromatic heterocycles. The van der Waals surface area contributed by atoms with E-state index in [0.717, 1.165) is 19.3 Å². The summed E-state index contributed by atoms with van der Waals surface area (Å²) in [6, 6.07) is 0. The maximum atomic E-state index is 12.6. The summed E-state index contributed by atoms with van der Waals surface area (Å²) < 4.78 is 26.7. The monoisotopic (exact) mass is 301 g/mol. The highest BCUT2D eigenvalue weighted by molar-refractivity contribution is 7.89. The van der Waals surface area contributed by atoms with E-state index in [1.165, 1.54) is 10.5 Å². The van der Waals surface area contributed by atoms with E-state index in [4.69, 9.17) is 0 Å². The zero-order chi connectivity index (χ0) is 14.8. The first-order valence-electron chi connectivity index (χ1n) is 7.10. The Morgan fingerprint density at radius 3 is 2.85 bits per heavy atom. The molecule has 1 atom stereocenters. The first-order valence-corrected chi connectivity index (χ1v) is 8.54. The number of H-pyrrole nitrogens is 1. The number of aliphatic hydroxyl groups excluding tert-OH is 1. The Morgan fingerprint density at radius 2 is 2.20 bits per heavy atom. The predicted molar refractivity (Wildman–Crippen MR) is 75.4 cm³/mol. The van der Waals surface area contributed by atoms with E-state index in [1.807, 2.05) is 0 Å². The highest BCUT2D eigenvalue weighted by atomic mass is 32.2. The van der Waals surface area contributed by atoms with Gasteiger partial charge in [-0.1, -0.05) is 13.8 Å². The van der Waals surface area contributed by atoms with Crippen LogP contribution in [-0.4, -0.2) is 41.1 Å². The van der Waals surface area contributed by atoms with E-state index in [0.29, 0.717) is 30.5 Å². The molecule has 1 saturated heterocycles. The normalized spacial score (nSPS) is 22.1. The quantitative estimate of drug-likeness (QED) is 0.879. The SMILES string of the molecule is CC(C)C1CCCN(S(=O)(=O)c2[nH]ncc2CO)CC1. The van der Waals surface area contributed by atoms with E-state index in [1.54, 1.807) is 0 Å². The van der Waals surface area contributed by atoms with Crippen molar-refractivity contribution in [2.75, 3.05) is 13.1 Å². The topological polar surface area (TPSA) is 86.3 Å². The van der Waals surface area contributed by atoms with Gasteiger partial charge in [-0.3, -0.25) is 5.10 Å². The van der Waals surface area contributed by atoms with E-state index < -0.39 is 10.0 Å². The van der Waals surface area contributed by atoms with Gasteiger partial charge in [-0.05, 0) is 31.1 Å². The van der Waals surface area contributed by atoms with E-state index in [2.05, 4.69) is 24.0 Å². The van der Waals surface area contributed by atoms with Crippen molar-refractivity contribution < 1.29 is 13.5 Å². The molecule has 1 aliphatic rings. The van der Waals surface area contributed by atoms with Crippen LogP contribution >= 0.6 is 0 Å². The molecule has 1 unspecified atom stereocenters. The first-order chi connectivity index (χ1) is 9.46. The summed E-state index contributed by atoms with van der Waals surface area (Å²) in [6.07, 6.45) is 4.20. The predicted octanol–water partition coefficient (Wildman–Crippen LogP) is 1.35. The van der Waals surface area contributed by atoms with E-state index in [9.17, 15) is 13.5 Å². The molecule has 0 aliphatic carbocycles. The van der Waals surface area contributed by atoms with Crippen LogP contribution in [0.15, 0.2) is 11.2 Å². The maximum Gasteiger partial charge on any atom is 0.260 e. The number of aromatic amines is 1. The highest BCUT2D eigenvalue weighted by Crippen LogP contribution is 2.27. The molecule has 1 aromatic rings. The lowest BCUT2D eigenvalue weighted by Gasteiger charge is -2.20. The van der Waals surface area contributed by atoms with Gasteiger partial charge < -0.3 is 5.11 Å². The molecule has 1 fully saturated rings. The number of rotatable bonds is 4. The molecule has 0 spiro atoms. The minimum Gasteiger partial charge on any atom is -0.392 e. The lowest BCUT2D eigenvalue weighted by atomic mass is 9.89. The third-order valence-electron chi connectivity index (χ3n) is 4.12. The molecule has 0 bridgehead atoms. The van der Waals surface area contributed by atoms with Gasteiger partial charge in [0.25, 0.3) is 10.0 Å². The number of hydrogen-bond acceptors (Lipinski definition) is 4. The fraction of sp³-hybridized carbons (Fsp3) is 0.769. The molecule has 7 heteroatoms. The summed E-state index contributed by atoms with van der Waals surface area (Å²) in [5.74, 6) is 1.16. The Hall–Kier alpha value is -0.920. The second kappa shape index (κ2) is 6.24. The minimum atomic E-state index is -3.58. The number of aromatic nitrogens is 2. The van der Waals surface area contributed by atoms with Crippen molar-refractivity contribution in [2.24, 2.45) is 11.8 Å². The second-order valence-corrected chi connectivity index (χ2v) is 7.60. The van der Waals surface area contributed by atoms with Gasteiger partial charge in [0, 0.05) is 18.7 Å². The van der Waals surface area contributed by atoms with Gasteiger partial charge in [0.15, 0.2) is 5.03 Å². The van der Waals surface area contributed by atoms with Crippen LogP contribution in [0.2, 0.25) is 0 Å². The van der Waals surface area contributed by atoms with Crippen LogP contribution in [-0.2, 0) is 16.6 Å². The lowest BCUT2D eigenvalue weighted by Crippen LogP contribution is -2.33. The molecule has 20 heavy (non-hydrogen) atoms. The van der Waals surface area contributed by atoms with Gasteiger partial charge >= 0.3 is 0 Å². The molecule has 2 rings (SSSR count). The number of sulfonamides is 1. The molecule has 2 heterocycles. The molecule has 0 amide bonds. The van der Waals surface area contributed by atoms with Crippen LogP contribution in [0.5, 0.6) is 0 Å². The Kier molecular flexibility index (Phi) is 4.82. The summed E-state index contributed by atoms with van der Waals surface area (Å²) >= 11 is 0. The molecule has 2 N–H and O–H groups in total. The molecule has 0 aromatic carbocycles. The zero-order valence-electron chi connectivity index (χ0n) is 12.0. The van der Waals surface area contributed by atoms with Gasteiger partial charge in [0.2, 0.25) is 0 Å². The molecule has 0 saturated carbocycles. The van der Waals surface area contributed by atoms with Crippen LogP contribution < -0.4 is 0 Å². The molecular weight excluding hydrogens is 278 g/mol. The number of nitrogens with one attached hydrogen (secondary N) is 1. The Balaban J connectivity index is 2.18. The van der Waals surface area contributed by atoms with Crippen molar-refractivity contribution in [3.8, 4) is 0 Å². The standard InChI is InChI=1S/C13H23N3O3S/c1-10(2)11-4-3-6-16(7-5-11)20(18,19)13-12(9-17)8-14-15-13/h8,10-11,17H,3-7,9H2,1-2H3,(H,14,15). The minimum absolute atomic E-state index is 0.0306. The number of nitrogens with zero attached hydrogens (tertiary/aromatic N) is 2. The van der Waals surface area contributed by atoms with Gasteiger partial charge in [-0.25, -0.2) is 8.42 Å². The molecule has 6 nitrogen and oxygen atoms in total. The van der Waals surface area contributed by atoms with Crippen LogP contribution in [0.3, 0.4) is 0 Å². The van der Waals surface area contributed by atoms with Crippen molar-refractivity contribution in [3.05, 3.63) is 11.8 Å². The van der Waals surface area contributed by atoms with Gasteiger partial charge in [0.05, 0.1) is 12.8 Å². The number of aliphatic hydroxyl groups is 1. The highest BCUT2D eigenvalue weighted by Gasteiger charge is 2.31. The van der Waals surface area contributed by atoms with Crippen LogP contribution in [0.25, 0.3) is 0 Å². The average molecular weight is 301 g/mol. The van der Waals surface area contributed by atoms with Crippen LogP contribution in [0, 0.1) is 11.8 Å². The molecule has 114 valence electrons. The third-order valence-corrected chi connectivity index (χ3v) is 6.04. The van der Waals surface area contributed by atoms with Crippen molar-refractivity contribution in [1.82, 2.24) is 14.5 Å². The van der Waals surface area contributed by atoms with E-state index in [-0.39, 0.29) is 11.6 Å². The summed E-state index contributed by atoms with van der Waals surface area (Å²) in [7, 11) is -3.58. The largest absolute Gasteiger partial charge is 0.392 e. The van der Waals surface area contributed by atoms with Gasteiger partial charge in [0.1, 0.15) is 0 Å². The first kappa shape index (κ1) is 15.5. The summed E-state index contributed by atoms with van der Waals surface area (Å²) in [4.78, 5) is 0. The lowest BCUT2D eigenvalue weighted by molar-refractivity contribution is 0.278. The molecule has 0 radical (unpaired) electrons. The zero-order valence-corrected chi connectivity index (χ0v) is 12.9. The van der Waals surface area contributed by atoms with Crippen LogP contribution in [0.4, 0.5) is 0 Å².